The van der Waals surface area contributed by atoms with Gasteiger partial charge in [0.1, 0.15) is 0 Å². The highest BCUT2D eigenvalue weighted by Crippen LogP contribution is 2.14. The zero-order chi connectivity index (χ0) is 14.0. The fourth-order valence-electron chi connectivity index (χ4n) is 1.34. The summed E-state index contributed by atoms with van der Waals surface area (Å²) < 4.78 is 35.5. The van der Waals surface area contributed by atoms with Crippen LogP contribution in [0.2, 0.25) is 0 Å². The number of Topliss-reactive ketones (excluding diaryl/α,β-unsaturated/α-hetero) is 1. The van der Waals surface area contributed by atoms with E-state index in [0.29, 0.717) is 6.54 Å². The molecule has 18 heavy (non-hydrogen) atoms. The third kappa shape index (κ3) is 10.9. The molecular weight excluding hydrogens is 265 g/mol. The van der Waals surface area contributed by atoms with E-state index in [1.807, 2.05) is 6.92 Å². The van der Waals surface area contributed by atoms with Crippen LogP contribution in [0.3, 0.4) is 0 Å². The molecule has 0 aromatic heterocycles. The molecule has 1 atom stereocenters. The van der Waals surface area contributed by atoms with Crippen LogP contribution in [0.25, 0.3) is 0 Å². The van der Waals surface area contributed by atoms with E-state index >= 15 is 0 Å². The average molecular weight is 286 g/mol. The Balaban J connectivity index is 3.24. The maximum absolute atomic E-state index is 11.8. The average Bonchev–Trinajstić information content (AvgIpc) is 2.24. The highest BCUT2D eigenvalue weighted by Gasteiger charge is 2.37. The molecule has 0 bridgehead atoms. The van der Waals surface area contributed by atoms with Crippen molar-refractivity contribution >= 4 is 18.4 Å². The zero-order valence-electron chi connectivity index (χ0n) is 10.5. The molecule has 0 saturated carbocycles. The molecule has 0 amide bonds. The Hall–Kier alpha value is -0.270. The first-order chi connectivity index (χ1) is 8.34. The van der Waals surface area contributed by atoms with Gasteiger partial charge in [0, 0.05) is 5.37 Å². The Morgan fingerprint density at radius 2 is 1.72 bits per heavy atom. The van der Waals surface area contributed by atoms with E-state index in [4.69, 9.17) is 0 Å². The van der Waals surface area contributed by atoms with Crippen LogP contribution in [-0.4, -0.2) is 37.0 Å². The minimum atomic E-state index is -4.72. The second-order valence-corrected chi connectivity index (χ2v) is 4.92. The minimum Gasteiger partial charge on any atom is -0.310 e. The lowest BCUT2D eigenvalue weighted by Crippen LogP contribution is -2.34. The Morgan fingerprint density at radius 1 is 1.17 bits per heavy atom. The van der Waals surface area contributed by atoms with Gasteiger partial charge in [0.15, 0.2) is 0 Å². The van der Waals surface area contributed by atoms with Crippen LogP contribution < -0.4 is 10.6 Å². The normalized spacial score (nSPS) is 13.6. The number of halogens is 3. The van der Waals surface area contributed by atoms with E-state index in [-0.39, 0.29) is 5.37 Å². The number of rotatable bonds is 10. The second-order valence-electron chi connectivity index (χ2n) is 4.14. The van der Waals surface area contributed by atoms with Crippen LogP contribution >= 0.6 is 12.6 Å². The van der Waals surface area contributed by atoms with Crippen molar-refractivity contribution in [2.45, 2.75) is 44.2 Å². The number of nitrogens with one attached hydrogen (secondary N) is 2. The molecule has 7 heteroatoms. The van der Waals surface area contributed by atoms with Crippen LogP contribution in [0.4, 0.5) is 13.2 Å². The quantitative estimate of drug-likeness (QED) is 0.327. The van der Waals surface area contributed by atoms with Gasteiger partial charge in [0.25, 0.3) is 0 Å². The van der Waals surface area contributed by atoms with E-state index in [9.17, 15) is 18.0 Å². The van der Waals surface area contributed by atoms with Gasteiger partial charge in [-0.05, 0) is 32.9 Å². The maximum atomic E-state index is 11.8. The van der Waals surface area contributed by atoms with Gasteiger partial charge >= 0.3 is 6.18 Å². The fourth-order valence-corrected chi connectivity index (χ4v) is 1.47. The van der Waals surface area contributed by atoms with Crippen LogP contribution in [0.1, 0.15) is 32.6 Å². The number of carbonyl (C=O) groups is 1. The van der Waals surface area contributed by atoms with Crippen molar-refractivity contribution < 1.29 is 18.0 Å². The van der Waals surface area contributed by atoms with E-state index in [1.54, 1.807) is 0 Å². The maximum Gasteiger partial charge on any atom is 0.451 e. The lowest BCUT2D eigenvalue weighted by molar-refractivity contribution is -0.169. The SMILES string of the molecule is CC(S)NCCCCCCNCC(=O)C(F)(F)F. The Bertz CT molecular complexity index is 235. The molecule has 0 rings (SSSR count). The molecule has 1 unspecified atom stereocenters. The molecule has 0 aliphatic heterocycles. The summed E-state index contributed by atoms with van der Waals surface area (Å²) in [4.78, 5) is 10.5. The Labute approximate surface area is 111 Å². The van der Waals surface area contributed by atoms with E-state index < -0.39 is 18.5 Å². The lowest BCUT2D eigenvalue weighted by atomic mass is 10.2. The van der Waals surface area contributed by atoms with Gasteiger partial charge in [-0.2, -0.15) is 25.8 Å². The number of thiol groups is 1. The van der Waals surface area contributed by atoms with Gasteiger partial charge < -0.3 is 10.6 Å². The molecule has 0 aromatic rings. The van der Waals surface area contributed by atoms with Gasteiger partial charge in [0.2, 0.25) is 5.78 Å². The molecule has 108 valence electrons. The predicted octanol–water partition coefficient (Wildman–Crippen LogP) is 2.13. The molecule has 0 aromatic carbocycles. The van der Waals surface area contributed by atoms with E-state index in [2.05, 4.69) is 23.3 Å². The predicted molar refractivity (Wildman–Crippen MR) is 68.9 cm³/mol. The number of alkyl halides is 3. The van der Waals surface area contributed by atoms with Gasteiger partial charge in [-0.25, -0.2) is 0 Å². The lowest BCUT2D eigenvalue weighted by Gasteiger charge is -2.08. The van der Waals surface area contributed by atoms with Gasteiger partial charge in [-0.3, -0.25) is 4.79 Å². The first-order valence-corrected chi connectivity index (χ1v) is 6.58. The van der Waals surface area contributed by atoms with E-state index in [1.165, 1.54) is 0 Å². The van der Waals surface area contributed by atoms with Gasteiger partial charge in [-0.1, -0.05) is 12.8 Å². The summed E-state index contributed by atoms with van der Waals surface area (Å²) in [5.41, 5.74) is 0. The number of carbonyl (C=O) groups excluding carboxylic acids is 1. The fraction of sp³-hybridized carbons (Fsp3) is 0.909. The largest absolute Gasteiger partial charge is 0.451 e. The molecule has 3 nitrogen and oxygen atoms in total. The topological polar surface area (TPSA) is 41.1 Å². The number of unbranched alkanes of at least 4 members (excludes halogenated alkanes) is 3. The standard InChI is InChI=1S/C11H21F3N2OS/c1-9(18)16-7-5-3-2-4-6-15-8-10(17)11(12,13)14/h9,15-16,18H,2-8H2,1H3. The zero-order valence-corrected chi connectivity index (χ0v) is 11.4. The second kappa shape index (κ2) is 9.63. The molecule has 0 saturated heterocycles. The molecule has 0 radical (unpaired) electrons. The molecule has 0 fully saturated rings. The van der Waals surface area contributed by atoms with Crippen molar-refractivity contribution in [2.75, 3.05) is 19.6 Å². The minimum absolute atomic E-state index is 0.181. The molecular formula is C11H21F3N2OS. The summed E-state index contributed by atoms with van der Waals surface area (Å²) in [5.74, 6) is -1.71. The summed E-state index contributed by atoms with van der Waals surface area (Å²) >= 11 is 4.17. The van der Waals surface area contributed by atoms with E-state index in [0.717, 1.165) is 32.2 Å². The molecule has 0 heterocycles. The summed E-state index contributed by atoms with van der Waals surface area (Å²) in [6, 6.07) is 0. The van der Waals surface area contributed by atoms with Crippen molar-refractivity contribution in [3.05, 3.63) is 0 Å². The highest BCUT2D eigenvalue weighted by molar-refractivity contribution is 7.80. The number of hydrogen-bond acceptors (Lipinski definition) is 4. The van der Waals surface area contributed by atoms with Crippen LogP contribution in [-0.2, 0) is 4.79 Å². The number of ketones is 1. The van der Waals surface area contributed by atoms with Crippen LogP contribution in [0, 0.1) is 0 Å². The van der Waals surface area contributed by atoms with Crippen molar-refractivity contribution in [1.82, 2.24) is 10.6 Å². The summed E-state index contributed by atoms with van der Waals surface area (Å²) in [5, 5.41) is 5.84. The van der Waals surface area contributed by atoms with Crippen molar-refractivity contribution in [2.24, 2.45) is 0 Å². The van der Waals surface area contributed by atoms with Crippen molar-refractivity contribution in [1.29, 1.82) is 0 Å². The van der Waals surface area contributed by atoms with Crippen molar-refractivity contribution in [3.63, 3.8) is 0 Å². The Morgan fingerprint density at radius 3 is 2.22 bits per heavy atom. The van der Waals surface area contributed by atoms with Crippen molar-refractivity contribution in [3.8, 4) is 0 Å². The third-order valence-electron chi connectivity index (χ3n) is 2.32. The number of hydrogen-bond donors (Lipinski definition) is 3. The van der Waals surface area contributed by atoms with Gasteiger partial charge in [0.05, 0.1) is 6.54 Å². The summed E-state index contributed by atoms with van der Waals surface area (Å²) in [7, 11) is 0. The smallest absolute Gasteiger partial charge is 0.310 e. The molecule has 0 aliphatic carbocycles. The Kier molecular flexibility index (Phi) is 9.49. The third-order valence-corrected chi connectivity index (χ3v) is 2.50. The summed E-state index contributed by atoms with van der Waals surface area (Å²) in [6.07, 6.45) is -0.964. The van der Waals surface area contributed by atoms with Gasteiger partial charge in [-0.15, -0.1) is 0 Å². The molecule has 0 spiro atoms. The summed E-state index contributed by atoms with van der Waals surface area (Å²) in [6.45, 7) is 2.66. The molecule has 2 N–H and O–H groups in total. The van der Waals surface area contributed by atoms with Crippen LogP contribution in [0.5, 0.6) is 0 Å². The monoisotopic (exact) mass is 286 g/mol. The van der Waals surface area contributed by atoms with Crippen LogP contribution in [0.15, 0.2) is 0 Å². The highest BCUT2D eigenvalue weighted by atomic mass is 32.1. The first-order valence-electron chi connectivity index (χ1n) is 6.06. The first kappa shape index (κ1) is 17.7. The molecule has 0 aliphatic rings.